The van der Waals surface area contributed by atoms with Gasteiger partial charge >= 0.3 is 0 Å². The molecule has 0 unspecified atom stereocenters. The van der Waals surface area contributed by atoms with Crippen LogP contribution < -0.4 is 10.1 Å². The summed E-state index contributed by atoms with van der Waals surface area (Å²) in [5, 5.41) is 11.3. The molecule has 1 amide bonds. The third-order valence-corrected chi connectivity index (χ3v) is 5.09. The maximum Gasteiger partial charge on any atom is 0.223 e. The van der Waals surface area contributed by atoms with Crippen LogP contribution in [0.3, 0.4) is 0 Å². The number of aryl methyl sites for hydroxylation is 1. The Bertz CT molecular complexity index is 757. The first kappa shape index (κ1) is 20.3. The molecule has 1 aromatic carbocycles. The maximum absolute atomic E-state index is 13.1. The predicted octanol–water partition coefficient (Wildman–Crippen LogP) is 2.60. The first-order valence-electron chi connectivity index (χ1n) is 9.93. The van der Waals surface area contributed by atoms with E-state index < -0.39 is 0 Å². The van der Waals surface area contributed by atoms with Crippen LogP contribution in [-0.4, -0.2) is 40.7 Å². The zero-order valence-corrected chi connectivity index (χ0v) is 16.9. The number of nitrogens with one attached hydrogen (secondary N) is 1. The Morgan fingerprint density at radius 2 is 2.11 bits per heavy atom. The van der Waals surface area contributed by atoms with E-state index in [0.29, 0.717) is 25.7 Å². The van der Waals surface area contributed by atoms with Crippen LogP contribution in [0.15, 0.2) is 30.5 Å². The van der Waals surface area contributed by atoms with Crippen molar-refractivity contribution in [3.8, 4) is 5.75 Å². The maximum atomic E-state index is 13.1. The number of aromatic nitrogens is 3. The van der Waals surface area contributed by atoms with Crippen molar-refractivity contribution < 1.29 is 14.3 Å². The molecule has 7 nitrogen and oxygen atoms in total. The van der Waals surface area contributed by atoms with Gasteiger partial charge in [0.05, 0.1) is 31.6 Å². The van der Waals surface area contributed by atoms with Crippen LogP contribution in [0, 0.1) is 11.8 Å². The number of carbonyl (C=O) groups excluding carboxylic acids is 1. The van der Waals surface area contributed by atoms with Crippen LogP contribution in [0.5, 0.6) is 5.75 Å². The molecule has 152 valence electrons. The summed E-state index contributed by atoms with van der Waals surface area (Å²) in [7, 11) is 1.65. The first-order valence-corrected chi connectivity index (χ1v) is 9.93. The molecule has 1 aliphatic rings. The standard InChI is InChI=1S/C21H30N4O3/c1-15(2)10-18-13-28-14-25-19(12-22-24-25)7-6-17(21(26)23-18)11-16-4-8-20(27-3)9-5-16/h4-5,8-9,12,15,17-18H,6-7,10-11,13-14H2,1-3H3,(H,23,26)/t17-,18-/m0/s1. The van der Waals surface area contributed by atoms with Crippen molar-refractivity contribution >= 4 is 5.91 Å². The minimum atomic E-state index is -0.121. The molecule has 3 rings (SSSR count). The number of benzene rings is 1. The minimum Gasteiger partial charge on any atom is -0.497 e. The highest BCUT2D eigenvalue weighted by Gasteiger charge is 2.24. The van der Waals surface area contributed by atoms with E-state index in [0.717, 1.165) is 36.3 Å². The summed E-state index contributed by atoms with van der Waals surface area (Å²) in [4.78, 5) is 13.1. The molecule has 7 heteroatoms. The van der Waals surface area contributed by atoms with Crippen LogP contribution in [0.2, 0.25) is 0 Å². The Morgan fingerprint density at radius 3 is 2.82 bits per heavy atom. The van der Waals surface area contributed by atoms with Gasteiger partial charge in [0.1, 0.15) is 12.5 Å². The van der Waals surface area contributed by atoms with Crippen LogP contribution in [0.1, 0.15) is 37.9 Å². The lowest BCUT2D eigenvalue weighted by Crippen LogP contribution is -2.42. The predicted molar refractivity (Wildman–Crippen MR) is 106 cm³/mol. The van der Waals surface area contributed by atoms with Crippen molar-refractivity contribution in [3.05, 3.63) is 41.7 Å². The normalized spacial score (nSPS) is 20.9. The Hall–Kier alpha value is -2.41. The van der Waals surface area contributed by atoms with E-state index in [2.05, 4.69) is 29.5 Å². The summed E-state index contributed by atoms with van der Waals surface area (Å²) in [6.45, 7) is 5.14. The summed E-state index contributed by atoms with van der Waals surface area (Å²) in [6.07, 6.45) is 4.80. The Kier molecular flexibility index (Phi) is 7.03. The second kappa shape index (κ2) is 9.68. The summed E-state index contributed by atoms with van der Waals surface area (Å²) < 4.78 is 12.8. The van der Waals surface area contributed by atoms with Gasteiger partial charge in [-0.05, 0) is 49.3 Å². The number of nitrogens with zero attached hydrogens (tertiary/aromatic N) is 3. The third kappa shape index (κ3) is 5.55. The second-order valence-electron chi connectivity index (χ2n) is 7.85. The average Bonchev–Trinajstić information content (AvgIpc) is 3.11. The molecule has 0 bridgehead atoms. The Labute approximate surface area is 166 Å². The number of rotatable bonds is 5. The third-order valence-electron chi connectivity index (χ3n) is 5.09. The van der Waals surface area contributed by atoms with Gasteiger partial charge in [0.25, 0.3) is 0 Å². The van der Waals surface area contributed by atoms with Crippen molar-refractivity contribution in [2.75, 3.05) is 13.7 Å². The molecule has 0 radical (unpaired) electrons. The molecule has 2 aromatic rings. The molecule has 0 saturated heterocycles. The largest absolute Gasteiger partial charge is 0.497 e. The van der Waals surface area contributed by atoms with Gasteiger partial charge in [-0.15, -0.1) is 5.10 Å². The summed E-state index contributed by atoms with van der Waals surface area (Å²) in [6, 6.07) is 7.92. The molecule has 0 saturated carbocycles. The van der Waals surface area contributed by atoms with E-state index in [4.69, 9.17) is 9.47 Å². The van der Waals surface area contributed by atoms with Crippen molar-refractivity contribution in [2.24, 2.45) is 11.8 Å². The molecule has 0 fully saturated rings. The van der Waals surface area contributed by atoms with Crippen LogP contribution in [-0.2, 0) is 29.1 Å². The van der Waals surface area contributed by atoms with Gasteiger partial charge in [0.2, 0.25) is 5.91 Å². The lowest BCUT2D eigenvalue weighted by Gasteiger charge is -2.23. The first-order chi connectivity index (χ1) is 13.5. The fraction of sp³-hybridized carbons (Fsp3) is 0.571. The fourth-order valence-corrected chi connectivity index (χ4v) is 3.61. The van der Waals surface area contributed by atoms with Crippen molar-refractivity contribution in [1.29, 1.82) is 0 Å². The van der Waals surface area contributed by atoms with Crippen LogP contribution in [0.25, 0.3) is 0 Å². The van der Waals surface area contributed by atoms with Gasteiger partial charge in [0, 0.05) is 5.92 Å². The minimum absolute atomic E-state index is 0.00376. The van der Waals surface area contributed by atoms with Crippen molar-refractivity contribution in [3.63, 3.8) is 0 Å². The van der Waals surface area contributed by atoms with Gasteiger partial charge in [-0.3, -0.25) is 4.79 Å². The lowest BCUT2D eigenvalue weighted by atomic mass is 9.92. The van der Waals surface area contributed by atoms with Gasteiger partial charge in [0.15, 0.2) is 0 Å². The number of ether oxygens (including phenoxy) is 2. The zero-order chi connectivity index (χ0) is 19.9. The molecule has 2 heterocycles. The molecule has 1 N–H and O–H groups in total. The van der Waals surface area contributed by atoms with E-state index >= 15 is 0 Å². The van der Waals surface area contributed by atoms with Gasteiger partial charge in [-0.1, -0.05) is 31.2 Å². The molecule has 28 heavy (non-hydrogen) atoms. The van der Waals surface area contributed by atoms with E-state index in [-0.39, 0.29) is 17.9 Å². The molecule has 1 aliphatic heterocycles. The number of amides is 1. The van der Waals surface area contributed by atoms with E-state index in [1.54, 1.807) is 18.0 Å². The highest BCUT2D eigenvalue weighted by Crippen LogP contribution is 2.20. The monoisotopic (exact) mass is 386 g/mol. The molecule has 2 atom stereocenters. The Morgan fingerprint density at radius 1 is 1.32 bits per heavy atom. The average molecular weight is 386 g/mol. The number of carbonyl (C=O) groups is 1. The van der Waals surface area contributed by atoms with Gasteiger partial charge in [-0.25, -0.2) is 4.68 Å². The number of methoxy groups -OCH3 is 1. The SMILES string of the molecule is COc1ccc(C[C@@H]2CCc3cnnn3COC[C@H](CC(C)C)NC2=O)cc1. The Balaban J connectivity index is 1.78. The van der Waals surface area contributed by atoms with Crippen LogP contribution in [0.4, 0.5) is 0 Å². The number of fused-ring (bicyclic) bond motifs is 1. The van der Waals surface area contributed by atoms with Crippen molar-refractivity contribution in [1.82, 2.24) is 20.3 Å². The smallest absolute Gasteiger partial charge is 0.223 e. The highest BCUT2D eigenvalue weighted by atomic mass is 16.5. The van der Waals surface area contributed by atoms with E-state index in [1.807, 2.05) is 24.3 Å². The fourth-order valence-electron chi connectivity index (χ4n) is 3.61. The molecular formula is C21H30N4O3. The van der Waals surface area contributed by atoms with E-state index in [9.17, 15) is 4.79 Å². The topological polar surface area (TPSA) is 78.3 Å². The van der Waals surface area contributed by atoms with Gasteiger partial charge in [-0.2, -0.15) is 0 Å². The molecule has 0 spiro atoms. The highest BCUT2D eigenvalue weighted by molar-refractivity contribution is 5.79. The quantitative estimate of drug-likeness (QED) is 0.855. The van der Waals surface area contributed by atoms with Gasteiger partial charge < -0.3 is 14.8 Å². The molecule has 0 aliphatic carbocycles. The number of hydrogen-bond donors (Lipinski definition) is 1. The van der Waals surface area contributed by atoms with Crippen molar-refractivity contribution in [2.45, 2.75) is 52.3 Å². The number of hydrogen-bond acceptors (Lipinski definition) is 5. The second-order valence-corrected chi connectivity index (χ2v) is 7.85. The summed E-state index contributed by atoms with van der Waals surface area (Å²) in [5.41, 5.74) is 2.12. The van der Waals surface area contributed by atoms with Crippen LogP contribution >= 0.6 is 0 Å². The summed E-state index contributed by atoms with van der Waals surface area (Å²) >= 11 is 0. The zero-order valence-electron chi connectivity index (χ0n) is 16.9. The lowest BCUT2D eigenvalue weighted by molar-refractivity contribution is -0.126. The molecular weight excluding hydrogens is 356 g/mol. The molecule has 1 aromatic heterocycles. The van der Waals surface area contributed by atoms with E-state index in [1.165, 1.54) is 0 Å². The summed E-state index contributed by atoms with van der Waals surface area (Å²) in [5.74, 6) is 1.26.